The van der Waals surface area contributed by atoms with Crippen LogP contribution in [-0.2, 0) is 20.9 Å². The lowest BCUT2D eigenvalue weighted by molar-refractivity contribution is -0.143. The van der Waals surface area contributed by atoms with Crippen LogP contribution in [0, 0.1) is 5.92 Å². The van der Waals surface area contributed by atoms with Crippen LogP contribution in [0.25, 0.3) is 11.1 Å². The van der Waals surface area contributed by atoms with Gasteiger partial charge in [0.1, 0.15) is 13.2 Å². The Bertz CT molecular complexity index is 1190. The average molecular weight is 477 g/mol. The summed E-state index contributed by atoms with van der Waals surface area (Å²) >= 11 is 0. The normalized spacial score (nSPS) is 13.0. The van der Waals surface area contributed by atoms with E-state index in [1.165, 1.54) is 22.0 Å². The van der Waals surface area contributed by atoms with Gasteiger partial charge in [-0.3, -0.25) is 19.6 Å². The summed E-state index contributed by atoms with van der Waals surface area (Å²) < 4.78 is 6.94. The molecule has 2 aromatic carbocycles. The fraction of sp³-hybridized carbons (Fsp3) is 0.308. The van der Waals surface area contributed by atoms with Crippen molar-refractivity contribution in [1.29, 1.82) is 0 Å². The first-order chi connectivity index (χ1) is 16.9. The zero-order valence-electron chi connectivity index (χ0n) is 19.7. The first-order valence-corrected chi connectivity index (χ1v) is 11.5. The molecule has 0 saturated heterocycles. The highest BCUT2D eigenvalue weighted by molar-refractivity contribution is 5.85. The van der Waals surface area contributed by atoms with Crippen LogP contribution in [0.5, 0.6) is 0 Å². The molecule has 2 N–H and O–H groups in total. The number of aromatic nitrogens is 2. The Labute approximate surface area is 203 Å². The van der Waals surface area contributed by atoms with Gasteiger partial charge >= 0.3 is 12.1 Å². The van der Waals surface area contributed by atoms with Crippen LogP contribution in [0.2, 0.25) is 0 Å². The lowest BCUT2D eigenvalue weighted by Gasteiger charge is -2.22. The highest BCUT2D eigenvalue weighted by Crippen LogP contribution is 2.44. The fourth-order valence-electron chi connectivity index (χ4n) is 4.32. The molecule has 35 heavy (non-hydrogen) atoms. The number of carboxylic acid groups (broad SMARTS) is 1. The summed E-state index contributed by atoms with van der Waals surface area (Å²) in [6, 6.07) is 16.2. The van der Waals surface area contributed by atoms with E-state index in [1.807, 2.05) is 24.3 Å². The number of benzene rings is 2. The standard InChI is InChI=1S/C26H28N4O5/c1-3-29(13-17(2)25(32)33)24(31)15-30-14-18(12-27-30)28-26(34)35-16-23-21-10-6-4-8-19(21)20-9-5-7-11-22(20)23/h4-12,14,17,23H,3,13,15-16H2,1-2H3,(H,28,34)(H,32,33). The summed E-state index contributed by atoms with van der Waals surface area (Å²) in [6.45, 7) is 3.99. The van der Waals surface area contributed by atoms with Gasteiger partial charge in [0.15, 0.2) is 0 Å². The van der Waals surface area contributed by atoms with Gasteiger partial charge in [-0.1, -0.05) is 55.5 Å². The van der Waals surface area contributed by atoms with Gasteiger partial charge in [0.25, 0.3) is 0 Å². The molecule has 1 unspecified atom stereocenters. The summed E-state index contributed by atoms with van der Waals surface area (Å²) in [7, 11) is 0. The topological polar surface area (TPSA) is 114 Å². The van der Waals surface area contributed by atoms with Crippen molar-refractivity contribution < 1.29 is 24.2 Å². The van der Waals surface area contributed by atoms with E-state index in [0.717, 1.165) is 22.3 Å². The molecule has 182 valence electrons. The molecule has 0 fully saturated rings. The van der Waals surface area contributed by atoms with Gasteiger partial charge in [-0.15, -0.1) is 0 Å². The molecule has 1 aliphatic carbocycles. The number of hydrogen-bond acceptors (Lipinski definition) is 5. The molecule has 1 aromatic heterocycles. The molecule has 4 rings (SSSR count). The summed E-state index contributed by atoms with van der Waals surface area (Å²) in [5, 5.41) is 15.9. The summed E-state index contributed by atoms with van der Waals surface area (Å²) in [4.78, 5) is 37.6. The number of ether oxygens (including phenoxy) is 1. The molecule has 1 heterocycles. The Morgan fingerprint density at radius 1 is 1.11 bits per heavy atom. The Morgan fingerprint density at radius 2 is 1.74 bits per heavy atom. The van der Waals surface area contributed by atoms with E-state index < -0.39 is 18.0 Å². The quantitative estimate of drug-likeness (QED) is 0.485. The minimum atomic E-state index is -0.954. The van der Waals surface area contributed by atoms with Gasteiger partial charge in [0.2, 0.25) is 5.91 Å². The summed E-state index contributed by atoms with van der Waals surface area (Å²) in [5.41, 5.74) is 4.97. The third kappa shape index (κ3) is 5.34. The second-order valence-electron chi connectivity index (χ2n) is 8.55. The number of carbonyl (C=O) groups is 3. The number of amides is 2. The first kappa shape index (κ1) is 24.0. The van der Waals surface area contributed by atoms with Crippen LogP contribution >= 0.6 is 0 Å². The molecule has 1 atom stereocenters. The second-order valence-corrected chi connectivity index (χ2v) is 8.55. The van der Waals surface area contributed by atoms with Crippen molar-refractivity contribution in [2.24, 2.45) is 5.92 Å². The highest BCUT2D eigenvalue weighted by atomic mass is 16.5. The molecule has 0 saturated carbocycles. The maximum atomic E-state index is 12.5. The van der Waals surface area contributed by atoms with E-state index in [4.69, 9.17) is 9.84 Å². The molecular formula is C26H28N4O5. The van der Waals surface area contributed by atoms with Crippen LogP contribution < -0.4 is 5.32 Å². The minimum absolute atomic E-state index is 0.0401. The Morgan fingerprint density at radius 3 is 2.34 bits per heavy atom. The molecule has 0 spiro atoms. The number of nitrogens with one attached hydrogen (secondary N) is 1. The number of nitrogens with zero attached hydrogens (tertiary/aromatic N) is 3. The predicted octanol–water partition coefficient (Wildman–Crippen LogP) is 3.81. The number of fused-ring (bicyclic) bond motifs is 3. The average Bonchev–Trinajstić information content (AvgIpc) is 3.42. The lowest BCUT2D eigenvalue weighted by atomic mass is 9.98. The van der Waals surface area contributed by atoms with Crippen molar-refractivity contribution in [3.63, 3.8) is 0 Å². The van der Waals surface area contributed by atoms with Crippen molar-refractivity contribution in [2.45, 2.75) is 26.3 Å². The van der Waals surface area contributed by atoms with E-state index >= 15 is 0 Å². The van der Waals surface area contributed by atoms with Gasteiger partial charge in [-0.2, -0.15) is 5.10 Å². The van der Waals surface area contributed by atoms with Gasteiger partial charge in [-0.25, -0.2) is 4.79 Å². The molecule has 2 amide bonds. The smallest absolute Gasteiger partial charge is 0.411 e. The maximum Gasteiger partial charge on any atom is 0.411 e. The van der Waals surface area contributed by atoms with E-state index in [2.05, 4.69) is 34.7 Å². The van der Waals surface area contributed by atoms with E-state index in [1.54, 1.807) is 13.8 Å². The number of carbonyl (C=O) groups excluding carboxylic acids is 2. The number of hydrogen-bond donors (Lipinski definition) is 2. The van der Waals surface area contributed by atoms with Crippen LogP contribution in [0.3, 0.4) is 0 Å². The Balaban J connectivity index is 1.33. The SMILES string of the molecule is CCN(CC(C)C(=O)O)C(=O)Cn1cc(NC(=O)OCC2c3ccccc3-c3ccccc32)cn1. The Hall–Kier alpha value is -4.14. The second kappa shape index (κ2) is 10.4. The largest absolute Gasteiger partial charge is 0.481 e. The summed E-state index contributed by atoms with van der Waals surface area (Å²) in [5.74, 6) is -1.91. The van der Waals surface area contributed by atoms with Crippen molar-refractivity contribution in [3.05, 3.63) is 72.1 Å². The molecular weight excluding hydrogens is 448 g/mol. The first-order valence-electron chi connectivity index (χ1n) is 11.5. The van der Waals surface area contributed by atoms with Crippen molar-refractivity contribution >= 4 is 23.7 Å². The van der Waals surface area contributed by atoms with E-state index in [9.17, 15) is 14.4 Å². The fourth-order valence-corrected chi connectivity index (χ4v) is 4.32. The number of carboxylic acids is 1. The lowest BCUT2D eigenvalue weighted by Crippen LogP contribution is -2.38. The predicted molar refractivity (Wildman–Crippen MR) is 130 cm³/mol. The monoisotopic (exact) mass is 476 g/mol. The van der Waals surface area contributed by atoms with Gasteiger partial charge in [-0.05, 0) is 29.2 Å². The molecule has 1 aliphatic rings. The third-order valence-corrected chi connectivity index (χ3v) is 6.17. The van der Waals surface area contributed by atoms with Gasteiger partial charge in [0, 0.05) is 25.2 Å². The molecule has 9 heteroatoms. The van der Waals surface area contributed by atoms with Crippen molar-refractivity contribution in [1.82, 2.24) is 14.7 Å². The molecule has 0 aliphatic heterocycles. The van der Waals surface area contributed by atoms with E-state index in [-0.39, 0.29) is 31.5 Å². The maximum absolute atomic E-state index is 12.5. The minimum Gasteiger partial charge on any atom is -0.481 e. The van der Waals surface area contributed by atoms with Gasteiger partial charge < -0.3 is 14.7 Å². The van der Waals surface area contributed by atoms with Crippen LogP contribution in [0.15, 0.2) is 60.9 Å². The van der Waals surface area contributed by atoms with E-state index in [0.29, 0.717) is 12.2 Å². The Kier molecular flexibility index (Phi) is 7.14. The number of anilines is 1. The van der Waals surface area contributed by atoms with Crippen molar-refractivity contribution in [3.8, 4) is 11.1 Å². The number of aliphatic carboxylic acids is 1. The van der Waals surface area contributed by atoms with Crippen LogP contribution in [0.1, 0.15) is 30.9 Å². The van der Waals surface area contributed by atoms with Crippen LogP contribution in [0.4, 0.5) is 10.5 Å². The number of likely N-dealkylation sites (N-methyl/N-ethyl adjacent to an activating group) is 1. The molecule has 0 bridgehead atoms. The number of rotatable bonds is 9. The summed E-state index contributed by atoms with van der Waals surface area (Å²) in [6.07, 6.45) is 2.36. The van der Waals surface area contributed by atoms with Gasteiger partial charge in [0.05, 0.1) is 17.8 Å². The van der Waals surface area contributed by atoms with Crippen molar-refractivity contribution in [2.75, 3.05) is 25.0 Å². The highest BCUT2D eigenvalue weighted by Gasteiger charge is 2.29. The van der Waals surface area contributed by atoms with Crippen LogP contribution in [-0.4, -0.2) is 57.5 Å². The zero-order valence-corrected chi connectivity index (χ0v) is 19.7. The zero-order chi connectivity index (χ0) is 24.9. The molecule has 9 nitrogen and oxygen atoms in total. The molecule has 0 radical (unpaired) electrons. The third-order valence-electron chi connectivity index (χ3n) is 6.17. The molecule has 3 aromatic rings.